The lowest BCUT2D eigenvalue weighted by Gasteiger charge is -2.23. The molecule has 0 aromatic carbocycles. The molecule has 3 nitrogen and oxygen atoms in total. The van der Waals surface area contributed by atoms with E-state index >= 15 is 0 Å². The summed E-state index contributed by atoms with van der Waals surface area (Å²) in [5.74, 6) is 0.805. The molecule has 0 amide bonds. The summed E-state index contributed by atoms with van der Waals surface area (Å²) in [4.78, 5) is 23.5. The zero-order valence-corrected chi connectivity index (χ0v) is 11.4. The Bertz CT molecular complexity index is 383. The molecule has 100 valence electrons. The number of ether oxygens (including phenoxy) is 1. The molecule has 0 saturated carbocycles. The summed E-state index contributed by atoms with van der Waals surface area (Å²) in [6.07, 6.45) is 5.21. The molecule has 1 aliphatic carbocycles. The smallest absolute Gasteiger partial charge is 0.309 e. The summed E-state index contributed by atoms with van der Waals surface area (Å²) >= 11 is 0. The van der Waals surface area contributed by atoms with E-state index in [2.05, 4.69) is 6.92 Å². The van der Waals surface area contributed by atoms with Gasteiger partial charge in [-0.3, -0.25) is 9.59 Å². The van der Waals surface area contributed by atoms with E-state index in [-0.39, 0.29) is 29.7 Å². The Hall–Kier alpha value is -1.12. The summed E-state index contributed by atoms with van der Waals surface area (Å²) < 4.78 is 5.49. The van der Waals surface area contributed by atoms with Gasteiger partial charge in [0, 0.05) is 12.3 Å². The molecule has 18 heavy (non-hydrogen) atoms. The van der Waals surface area contributed by atoms with Crippen LogP contribution in [0.5, 0.6) is 0 Å². The van der Waals surface area contributed by atoms with E-state index in [0.29, 0.717) is 12.3 Å². The molecule has 1 fully saturated rings. The van der Waals surface area contributed by atoms with Crippen molar-refractivity contribution in [2.45, 2.75) is 52.6 Å². The van der Waals surface area contributed by atoms with E-state index in [1.165, 1.54) is 0 Å². The van der Waals surface area contributed by atoms with E-state index in [1.54, 1.807) is 0 Å². The third-order valence-corrected chi connectivity index (χ3v) is 4.39. The van der Waals surface area contributed by atoms with Crippen LogP contribution in [0.4, 0.5) is 0 Å². The van der Waals surface area contributed by atoms with Crippen molar-refractivity contribution in [1.29, 1.82) is 0 Å². The minimum Gasteiger partial charge on any atom is -0.462 e. The normalized spacial score (nSPS) is 37.8. The van der Waals surface area contributed by atoms with Crippen molar-refractivity contribution < 1.29 is 14.3 Å². The number of fused-ring (bicyclic) bond motifs is 1. The molecular weight excluding hydrogens is 228 g/mol. The number of ketones is 1. The maximum Gasteiger partial charge on any atom is 0.309 e. The van der Waals surface area contributed by atoms with Gasteiger partial charge in [-0.2, -0.15) is 0 Å². The first kappa shape index (κ1) is 13.3. The van der Waals surface area contributed by atoms with Gasteiger partial charge in [0.1, 0.15) is 6.10 Å². The van der Waals surface area contributed by atoms with Gasteiger partial charge >= 0.3 is 5.97 Å². The number of carbonyl (C=O) groups excluding carboxylic acids is 2. The van der Waals surface area contributed by atoms with Crippen molar-refractivity contribution in [3.63, 3.8) is 0 Å². The van der Waals surface area contributed by atoms with Gasteiger partial charge in [0.05, 0.1) is 5.92 Å². The van der Waals surface area contributed by atoms with Crippen molar-refractivity contribution in [2.75, 3.05) is 0 Å². The van der Waals surface area contributed by atoms with Crippen LogP contribution >= 0.6 is 0 Å². The van der Waals surface area contributed by atoms with Crippen LogP contribution in [0.15, 0.2) is 11.6 Å². The Balaban J connectivity index is 2.21. The average molecular weight is 250 g/mol. The number of hydrogen-bond donors (Lipinski definition) is 0. The Morgan fingerprint density at radius 3 is 2.72 bits per heavy atom. The Morgan fingerprint density at radius 2 is 2.00 bits per heavy atom. The van der Waals surface area contributed by atoms with Crippen molar-refractivity contribution >= 4 is 11.8 Å². The van der Waals surface area contributed by atoms with Crippen LogP contribution in [0, 0.1) is 17.8 Å². The molecule has 0 spiro atoms. The van der Waals surface area contributed by atoms with E-state index in [4.69, 9.17) is 4.74 Å². The van der Waals surface area contributed by atoms with Gasteiger partial charge in [-0.15, -0.1) is 0 Å². The second-order valence-corrected chi connectivity index (χ2v) is 5.85. The van der Waals surface area contributed by atoms with Crippen LogP contribution in [-0.2, 0) is 14.3 Å². The van der Waals surface area contributed by atoms with Crippen LogP contribution in [0.25, 0.3) is 0 Å². The molecule has 3 heteroatoms. The first-order valence-corrected chi connectivity index (χ1v) is 6.89. The van der Waals surface area contributed by atoms with Gasteiger partial charge in [-0.05, 0) is 37.7 Å². The van der Waals surface area contributed by atoms with Gasteiger partial charge in [0.2, 0.25) is 0 Å². The zero-order chi connectivity index (χ0) is 13.3. The number of Topliss-reactive ketones (excluding diaryl/α,β-unsaturated/α-hetero) is 1. The highest BCUT2D eigenvalue weighted by Gasteiger charge is 2.41. The molecule has 0 aromatic heterocycles. The minimum absolute atomic E-state index is 0.0409. The van der Waals surface area contributed by atoms with Crippen molar-refractivity contribution in [3.05, 3.63) is 11.6 Å². The monoisotopic (exact) mass is 250 g/mol. The Kier molecular flexibility index (Phi) is 3.88. The summed E-state index contributed by atoms with van der Waals surface area (Å²) in [6, 6.07) is 0. The van der Waals surface area contributed by atoms with Gasteiger partial charge in [-0.25, -0.2) is 0 Å². The molecule has 1 saturated heterocycles. The van der Waals surface area contributed by atoms with Crippen LogP contribution in [-0.4, -0.2) is 17.9 Å². The molecule has 1 aliphatic heterocycles. The average Bonchev–Trinajstić information content (AvgIpc) is 2.58. The second kappa shape index (κ2) is 5.25. The number of rotatable bonds is 0. The second-order valence-electron chi connectivity index (χ2n) is 5.85. The lowest BCUT2D eigenvalue weighted by molar-refractivity contribution is -0.144. The summed E-state index contributed by atoms with van der Waals surface area (Å²) in [5, 5.41) is 0. The maximum atomic E-state index is 11.8. The van der Waals surface area contributed by atoms with Gasteiger partial charge in [-0.1, -0.05) is 19.9 Å². The largest absolute Gasteiger partial charge is 0.462 e. The van der Waals surface area contributed by atoms with Gasteiger partial charge < -0.3 is 4.74 Å². The molecular formula is C15H22O3. The molecule has 0 aromatic rings. The third-order valence-electron chi connectivity index (χ3n) is 4.39. The van der Waals surface area contributed by atoms with Gasteiger partial charge in [0.15, 0.2) is 5.78 Å². The number of allylic oxidation sites excluding steroid dienone is 2. The number of esters is 1. The SMILES string of the molecule is CC1=CC[C@@H]2[C@H](C[C@@H](C)CCC1=O)OC(=O)[C@@H]2C. The minimum atomic E-state index is -0.0752. The zero-order valence-electron chi connectivity index (χ0n) is 11.4. The quantitative estimate of drug-likeness (QED) is 0.621. The fourth-order valence-corrected chi connectivity index (χ4v) is 2.94. The predicted molar refractivity (Wildman–Crippen MR) is 68.9 cm³/mol. The Labute approximate surface area is 109 Å². The Morgan fingerprint density at radius 1 is 1.28 bits per heavy atom. The van der Waals surface area contributed by atoms with Crippen LogP contribution in [0.3, 0.4) is 0 Å². The highest BCUT2D eigenvalue weighted by Crippen LogP contribution is 2.36. The molecule has 1 heterocycles. The van der Waals surface area contributed by atoms with Crippen molar-refractivity contribution in [3.8, 4) is 0 Å². The first-order chi connectivity index (χ1) is 8.49. The fraction of sp³-hybridized carbons (Fsp3) is 0.733. The summed E-state index contributed by atoms with van der Waals surface area (Å²) in [6.45, 7) is 5.96. The summed E-state index contributed by atoms with van der Waals surface area (Å²) in [7, 11) is 0. The molecule has 0 unspecified atom stereocenters. The fourth-order valence-electron chi connectivity index (χ4n) is 2.94. The number of carbonyl (C=O) groups is 2. The van der Waals surface area contributed by atoms with E-state index in [9.17, 15) is 9.59 Å². The topological polar surface area (TPSA) is 43.4 Å². The molecule has 2 rings (SSSR count). The van der Waals surface area contributed by atoms with Crippen LogP contribution in [0.1, 0.15) is 46.5 Å². The standard InChI is InChI=1S/C15H22O3/c1-9-4-7-13(16)10(2)5-6-12-11(3)15(17)18-14(12)8-9/h5,9,11-12,14H,4,6-8H2,1-3H3/t9-,11+,12-,14-/m0/s1. The van der Waals surface area contributed by atoms with E-state index in [1.807, 2.05) is 19.9 Å². The highest BCUT2D eigenvalue weighted by molar-refractivity contribution is 5.94. The highest BCUT2D eigenvalue weighted by atomic mass is 16.6. The summed E-state index contributed by atoms with van der Waals surface area (Å²) in [5.41, 5.74) is 0.842. The van der Waals surface area contributed by atoms with Crippen molar-refractivity contribution in [1.82, 2.24) is 0 Å². The molecule has 0 radical (unpaired) electrons. The van der Waals surface area contributed by atoms with E-state index < -0.39 is 0 Å². The lowest BCUT2D eigenvalue weighted by Crippen LogP contribution is -2.23. The molecule has 0 bridgehead atoms. The molecule has 0 N–H and O–H groups in total. The lowest BCUT2D eigenvalue weighted by atomic mass is 9.82. The van der Waals surface area contributed by atoms with E-state index in [0.717, 1.165) is 24.8 Å². The first-order valence-electron chi connectivity index (χ1n) is 6.89. The molecule has 4 atom stereocenters. The molecule has 2 aliphatic rings. The van der Waals surface area contributed by atoms with Gasteiger partial charge in [0.25, 0.3) is 0 Å². The maximum absolute atomic E-state index is 11.8. The van der Waals surface area contributed by atoms with Crippen LogP contribution in [0.2, 0.25) is 0 Å². The van der Waals surface area contributed by atoms with Crippen LogP contribution < -0.4 is 0 Å². The predicted octanol–water partition coefficient (Wildman–Crippen LogP) is 2.89. The number of hydrogen-bond acceptors (Lipinski definition) is 3. The third kappa shape index (κ3) is 2.65. The van der Waals surface area contributed by atoms with Crippen molar-refractivity contribution in [2.24, 2.45) is 17.8 Å².